The molecule has 0 aliphatic carbocycles. The lowest BCUT2D eigenvalue weighted by atomic mass is 10.2. The molecule has 1 unspecified atom stereocenters. The Hall–Kier alpha value is -1.56. The van der Waals surface area contributed by atoms with E-state index in [-0.39, 0.29) is 18.7 Å². The minimum atomic E-state index is -0.189. The Morgan fingerprint density at radius 3 is 2.70 bits per heavy atom. The van der Waals surface area contributed by atoms with Gasteiger partial charge in [0, 0.05) is 31.4 Å². The van der Waals surface area contributed by atoms with Gasteiger partial charge in [-0.1, -0.05) is 6.92 Å². The van der Waals surface area contributed by atoms with Gasteiger partial charge in [-0.2, -0.15) is 5.10 Å². The summed E-state index contributed by atoms with van der Waals surface area (Å²) in [5.41, 5.74) is 2.15. The average Bonchev–Trinajstić information content (AvgIpc) is 2.65. The van der Waals surface area contributed by atoms with Gasteiger partial charge in [0.15, 0.2) is 0 Å². The summed E-state index contributed by atoms with van der Waals surface area (Å²) < 4.78 is 1.97. The number of nitrogens with one attached hydrogen (secondary N) is 2. The maximum absolute atomic E-state index is 11.6. The van der Waals surface area contributed by atoms with Crippen molar-refractivity contribution in [3.05, 3.63) is 17.5 Å². The molecule has 0 fully saturated rings. The maximum Gasteiger partial charge on any atom is 0.315 e. The largest absolute Gasteiger partial charge is 0.396 e. The van der Waals surface area contributed by atoms with Gasteiger partial charge in [-0.05, 0) is 39.2 Å². The smallest absolute Gasteiger partial charge is 0.315 e. The van der Waals surface area contributed by atoms with E-state index in [1.807, 2.05) is 31.5 Å². The van der Waals surface area contributed by atoms with Crippen molar-refractivity contribution in [2.75, 3.05) is 13.2 Å². The summed E-state index contributed by atoms with van der Waals surface area (Å²) in [6.07, 6.45) is 0.564. The topological polar surface area (TPSA) is 79.2 Å². The van der Waals surface area contributed by atoms with E-state index in [4.69, 9.17) is 5.11 Å². The van der Waals surface area contributed by atoms with Crippen molar-refractivity contribution in [3.8, 4) is 0 Å². The van der Waals surface area contributed by atoms with Gasteiger partial charge in [-0.25, -0.2) is 4.79 Å². The van der Waals surface area contributed by atoms with Crippen LogP contribution in [-0.2, 0) is 6.54 Å². The normalized spacial score (nSPS) is 13.8. The van der Waals surface area contributed by atoms with Crippen molar-refractivity contribution < 1.29 is 9.90 Å². The molecule has 6 heteroatoms. The summed E-state index contributed by atoms with van der Waals surface area (Å²) in [6.45, 7) is 9.41. The fraction of sp³-hybridized carbons (Fsp3) is 0.714. The van der Waals surface area contributed by atoms with Crippen LogP contribution in [0.3, 0.4) is 0 Å². The number of hydrogen-bond donors (Lipinski definition) is 3. The van der Waals surface area contributed by atoms with Crippen LogP contribution in [0.5, 0.6) is 0 Å². The van der Waals surface area contributed by atoms with Crippen LogP contribution in [-0.4, -0.2) is 40.1 Å². The third kappa shape index (κ3) is 5.61. The zero-order valence-corrected chi connectivity index (χ0v) is 12.8. The first-order valence-electron chi connectivity index (χ1n) is 7.08. The Labute approximate surface area is 120 Å². The summed E-state index contributed by atoms with van der Waals surface area (Å²) in [4.78, 5) is 11.6. The number of carbonyl (C=O) groups is 1. The zero-order valence-electron chi connectivity index (χ0n) is 12.8. The highest BCUT2D eigenvalue weighted by molar-refractivity contribution is 5.74. The molecule has 2 atom stereocenters. The molecule has 3 N–H and O–H groups in total. The quantitative estimate of drug-likeness (QED) is 0.703. The van der Waals surface area contributed by atoms with Crippen molar-refractivity contribution in [1.82, 2.24) is 20.4 Å². The molecule has 0 aliphatic rings. The zero-order chi connectivity index (χ0) is 15.1. The molecular weight excluding hydrogens is 256 g/mol. The van der Waals surface area contributed by atoms with Crippen LogP contribution in [0, 0.1) is 19.8 Å². The molecule has 1 rings (SSSR count). The van der Waals surface area contributed by atoms with Gasteiger partial charge in [0.05, 0.1) is 5.69 Å². The fourth-order valence-electron chi connectivity index (χ4n) is 2.03. The van der Waals surface area contributed by atoms with Crippen LogP contribution < -0.4 is 10.6 Å². The summed E-state index contributed by atoms with van der Waals surface area (Å²) in [7, 11) is 0. The first-order chi connectivity index (χ1) is 9.42. The van der Waals surface area contributed by atoms with Gasteiger partial charge < -0.3 is 15.7 Å². The van der Waals surface area contributed by atoms with Crippen molar-refractivity contribution in [2.45, 2.75) is 46.7 Å². The van der Waals surface area contributed by atoms with E-state index < -0.39 is 0 Å². The summed E-state index contributed by atoms with van der Waals surface area (Å²) in [5.74, 6) is 0.298. The predicted molar refractivity (Wildman–Crippen MR) is 78.6 cm³/mol. The number of amides is 2. The molecule has 0 saturated carbocycles. The highest BCUT2D eigenvalue weighted by atomic mass is 16.3. The molecule has 1 aromatic rings. The van der Waals surface area contributed by atoms with E-state index in [9.17, 15) is 4.79 Å². The molecule has 20 heavy (non-hydrogen) atoms. The number of aliphatic hydroxyl groups excluding tert-OH is 1. The number of urea groups is 1. The molecule has 0 aromatic carbocycles. The predicted octanol–water partition coefficient (Wildman–Crippen LogP) is 1.21. The molecule has 0 radical (unpaired) electrons. The Bertz CT molecular complexity index is 431. The summed E-state index contributed by atoms with van der Waals surface area (Å²) in [6, 6.07) is 1.83. The number of nitrogens with zero attached hydrogens (tertiary/aromatic N) is 2. The molecule has 1 aromatic heterocycles. The van der Waals surface area contributed by atoms with Gasteiger partial charge in [-0.3, -0.25) is 4.68 Å². The fourth-order valence-corrected chi connectivity index (χ4v) is 2.03. The van der Waals surface area contributed by atoms with E-state index in [2.05, 4.69) is 22.7 Å². The van der Waals surface area contributed by atoms with Gasteiger partial charge in [0.1, 0.15) is 0 Å². The highest BCUT2D eigenvalue weighted by Crippen LogP contribution is 2.05. The Balaban J connectivity index is 2.31. The molecule has 114 valence electrons. The Morgan fingerprint density at radius 2 is 2.15 bits per heavy atom. The second-order valence-electron chi connectivity index (χ2n) is 5.48. The number of carbonyl (C=O) groups excluding carboxylic acids is 1. The standard InChI is InChI=1S/C14H26N4O2/c1-10(9-18-13(4)7-12(3)17-18)8-15-14(20)16-11(2)5-6-19/h7,10-11,19H,5-6,8-9H2,1-4H3,(H2,15,16,20)/t10?,11-/m1/s1. The molecular formula is C14H26N4O2. The van der Waals surface area contributed by atoms with E-state index in [1.54, 1.807) is 0 Å². The van der Waals surface area contributed by atoms with Crippen molar-refractivity contribution in [1.29, 1.82) is 0 Å². The van der Waals surface area contributed by atoms with Crippen LogP contribution in [0.2, 0.25) is 0 Å². The molecule has 0 spiro atoms. The number of rotatable bonds is 7. The molecule has 0 bridgehead atoms. The van der Waals surface area contributed by atoms with E-state index >= 15 is 0 Å². The first-order valence-corrected chi connectivity index (χ1v) is 7.08. The highest BCUT2D eigenvalue weighted by Gasteiger charge is 2.10. The van der Waals surface area contributed by atoms with Crippen molar-refractivity contribution in [3.63, 3.8) is 0 Å². The van der Waals surface area contributed by atoms with Crippen LogP contribution in [0.15, 0.2) is 6.07 Å². The van der Waals surface area contributed by atoms with Crippen LogP contribution in [0.4, 0.5) is 4.79 Å². The first kappa shape index (κ1) is 16.5. The lowest BCUT2D eigenvalue weighted by molar-refractivity contribution is 0.229. The average molecular weight is 282 g/mol. The van der Waals surface area contributed by atoms with Crippen molar-refractivity contribution >= 4 is 6.03 Å². The van der Waals surface area contributed by atoms with E-state index in [1.165, 1.54) is 0 Å². The molecule has 1 heterocycles. The minimum Gasteiger partial charge on any atom is -0.396 e. The summed E-state index contributed by atoms with van der Waals surface area (Å²) in [5, 5.41) is 18.8. The Kier molecular flexibility index (Phi) is 6.51. The lowest BCUT2D eigenvalue weighted by Crippen LogP contribution is -2.43. The van der Waals surface area contributed by atoms with Crippen LogP contribution in [0.1, 0.15) is 31.7 Å². The van der Waals surface area contributed by atoms with Gasteiger partial charge in [0.25, 0.3) is 0 Å². The van der Waals surface area contributed by atoms with Crippen LogP contribution in [0.25, 0.3) is 0 Å². The molecule has 0 saturated heterocycles. The minimum absolute atomic E-state index is 0.0219. The van der Waals surface area contributed by atoms with Crippen molar-refractivity contribution in [2.24, 2.45) is 5.92 Å². The Morgan fingerprint density at radius 1 is 1.45 bits per heavy atom. The second kappa shape index (κ2) is 7.89. The van der Waals surface area contributed by atoms with Gasteiger partial charge >= 0.3 is 6.03 Å². The third-order valence-electron chi connectivity index (χ3n) is 3.14. The SMILES string of the molecule is Cc1cc(C)n(CC(C)CNC(=O)N[C@H](C)CCO)n1. The number of hydrogen-bond acceptors (Lipinski definition) is 3. The van der Waals surface area contributed by atoms with E-state index in [0.29, 0.717) is 18.9 Å². The molecule has 2 amide bonds. The number of aliphatic hydroxyl groups is 1. The maximum atomic E-state index is 11.6. The number of aromatic nitrogens is 2. The van der Waals surface area contributed by atoms with E-state index in [0.717, 1.165) is 17.9 Å². The lowest BCUT2D eigenvalue weighted by Gasteiger charge is -2.16. The number of aryl methyl sites for hydroxylation is 2. The van der Waals surface area contributed by atoms with Gasteiger partial charge in [-0.15, -0.1) is 0 Å². The third-order valence-corrected chi connectivity index (χ3v) is 3.14. The molecule has 0 aliphatic heterocycles. The van der Waals surface area contributed by atoms with Crippen LogP contribution >= 0.6 is 0 Å². The molecule has 6 nitrogen and oxygen atoms in total. The summed E-state index contributed by atoms with van der Waals surface area (Å²) >= 11 is 0. The second-order valence-corrected chi connectivity index (χ2v) is 5.48. The monoisotopic (exact) mass is 282 g/mol. The van der Waals surface area contributed by atoms with Gasteiger partial charge in [0.2, 0.25) is 0 Å².